The molecule has 1 aromatic rings. The minimum Gasteiger partial charge on any atom is -0.348 e. The van der Waals surface area contributed by atoms with Gasteiger partial charge in [0, 0.05) is 12.6 Å². The van der Waals surface area contributed by atoms with Gasteiger partial charge in [0.2, 0.25) is 5.91 Å². The quantitative estimate of drug-likeness (QED) is 0.840. The summed E-state index contributed by atoms with van der Waals surface area (Å²) in [6, 6.07) is 8.76. The van der Waals surface area contributed by atoms with E-state index >= 15 is 0 Å². The summed E-state index contributed by atoms with van der Waals surface area (Å²) in [6.45, 7) is 9.71. The number of aryl methyl sites for hydroxylation is 1. The Morgan fingerprint density at radius 2 is 2.24 bits per heavy atom. The summed E-state index contributed by atoms with van der Waals surface area (Å²) in [4.78, 5) is 14.6. The Balaban J connectivity index is 1.90. The van der Waals surface area contributed by atoms with E-state index < -0.39 is 0 Å². The lowest BCUT2D eigenvalue weighted by Gasteiger charge is -2.27. The summed E-state index contributed by atoms with van der Waals surface area (Å²) < 4.78 is 0. The second kappa shape index (κ2) is 7.57. The molecule has 116 valence electrons. The van der Waals surface area contributed by atoms with Crippen LogP contribution >= 0.6 is 0 Å². The Morgan fingerprint density at radius 3 is 2.86 bits per heavy atom. The van der Waals surface area contributed by atoms with Crippen LogP contribution in [0.4, 0.5) is 0 Å². The van der Waals surface area contributed by atoms with Gasteiger partial charge in [-0.15, -0.1) is 0 Å². The first-order valence-corrected chi connectivity index (χ1v) is 7.91. The minimum atomic E-state index is 0.0547. The molecule has 2 rings (SSSR count). The van der Waals surface area contributed by atoms with Gasteiger partial charge in [-0.2, -0.15) is 0 Å². The number of nitrogens with one attached hydrogen (secondary N) is 2. The number of likely N-dealkylation sites (N-methyl/N-ethyl adjacent to an activating group) is 1. The van der Waals surface area contributed by atoms with Gasteiger partial charge in [-0.3, -0.25) is 9.69 Å². The van der Waals surface area contributed by atoms with E-state index in [0.717, 1.165) is 26.1 Å². The van der Waals surface area contributed by atoms with Gasteiger partial charge in [0.25, 0.3) is 0 Å². The number of carbonyl (C=O) groups excluding carboxylic acids is 1. The van der Waals surface area contributed by atoms with Gasteiger partial charge in [0.1, 0.15) is 0 Å². The number of benzene rings is 1. The SMILES string of the molecule is CCN(CC(=O)NC(C)c1ccccc1C)C1CCNC1. The van der Waals surface area contributed by atoms with E-state index in [1.54, 1.807) is 0 Å². The van der Waals surface area contributed by atoms with Crippen LogP contribution in [0.5, 0.6) is 0 Å². The van der Waals surface area contributed by atoms with Gasteiger partial charge in [0.15, 0.2) is 0 Å². The summed E-state index contributed by atoms with van der Waals surface area (Å²) in [5.74, 6) is 0.111. The van der Waals surface area contributed by atoms with Crippen LogP contribution in [0.25, 0.3) is 0 Å². The predicted molar refractivity (Wildman–Crippen MR) is 86.3 cm³/mol. The molecule has 1 aromatic carbocycles. The van der Waals surface area contributed by atoms with Crippen LogP contribution in [-0.2, 0) is 4.79 Å². The highest BCUT2D eigenvalue weighted by Crippen LogP contribution is 2.16. The summed E-state index contributed by atoms with van der Waals surface area (Å²) >= 11 is 0. The van der Waals surface area contributed by atoms with E-state index in [0.29, 0.717) is 12.6 Å². The van der Waals surface area contributed by atoms with Crippen LogP contribution in [0.3, 0.4) is 0 Å². The molecule has 21 heavy (non-hydrogen) atoms. The third kappa shape index (κ3) is 4.29. The highest BCUT2D eigenvalue weighted by molar-refractivity contribution is 5.78. The summed E-state index contributed by atoms with van der Waals surface area (Å²) in [7, 11) is 0. The fraction of sp³-hybridized carbons (Fsp3) is 0.588. The van der Waals surface area contributed by atoms with E-state index in [1.807, 2.05) is 19.1 Å². The van der Waals surface area contributed by atoms with Crippen molar-refractivity contribution in [3.8, 4) is 0 Å². The molecule has 0 aliphatic carbocycles. The second-order valence-electron chi connectivity index (χ2n) is 5.86. The number of hydrogen-bond donors (Lipinski definition) is 2. The molecule has 0 aromatic heterocycles. The average molecular weight is 289 g/mol. The average Bonchev–Trinajstić information content (AvgIpc) is 2.99. The lowest BCUT2D eigenvalue weighted by Crippen LogP contribution is -2.44. The smallest absolute Gasteiger partial charge is 0.234 e. The standard InChI is InChI=1S/C17H27N3O/c1-4-20(15-9-10-18-11-15)12-17(21)19-14(3)16-8-6-5-7-13(16)2/h5-8,14-15,18H,4,9-12H2,1-3H3,(H,19,21). The van der Waals surface area contributed by atoms with Gasteiger partial charge >= 0.3 is 0 Å². The normalized spacial score (nSPS) is 19.7. The van der Waals surface area contributed by atoms with Crippen molar-refractivity contribution in [2.75, 3.05) is 26.2 Å². The lowest BCUT2D eigenvalue weighted by molar-refractivity contribution is -0.123. The molecular weight excluding hydrogens is 262 g/mol. The van der Waals surface area contributed by atoms with E-state index in [9.17, 15) is 4.79 Å². The number of hydrogen-bond acceptors (Lipinski definition) is 3. The van der Waals surface area contributed by atoms with Crippen molar-refractivity contribution in [1.82, 2.24) is 15.5 Å². The lowest BCUT2D eigenvalue weighted by atomic mass is 10.0. The third-order valence-electron chi connectivity index (χ3n) is 4.34. The molecule has 4 nitrogen and oxygen atoms in total. The van der Waals surface area contributed by atoms with Gasteiger partial charge in [-0.1, -0.05) is 31.2 Å². The van der Waals surface area contributed by atoms with E-state index in [1.165, 1.54) is 11.1 Å². The first-order valence-electron chi connectivity index (χ1n) is 7.91. The number of carbonyl (C=O) groups is 1. The molecule has 1 saturated heterocycles. The Morgan fingerprint density at radius 1 is 1.48 bits per heavy atom. The molecule has 0 saturated carbocycles. The Labute approximate surface area is 127 Å². The summed E-state index contributed by atoms with van der Waals surface area (Å²) in [6.07, 6.45) is 1.13. The highest BCUT2D eigenvalue weighted by atomic mass is 16.2. The van der Waals surface area contributed by atoms with Crippen molar-refractivity contribution < 1.29 is 4.79 Å². The molecule has 1 heterocycles. The topological polar surface area (TPSA) is 44.4 Å². The van der Waals surface area contributed by atoms with Crippen LogP contribution in [0.1, 0.15) is 37.4 Å². The molecule has 1 aliphatic heterocycles. The van der Waals surface area contributed by atoms with Gasteiger partial charge in [0.05, 0.1) is 12.6 Å². The molecular formula is C17H27N3O. The molecule has 2 N–H and O–H groups in total. The minimum absolute atomic E-state index is 0.0547. The molecule has 2 unspecified atom stereocenters. The van der Waals surface area contributed by atoms with Crippen LogP contribution in [0.2, 0.25) is 0 Å². The van der Waals surface area contributed by atoms with Gasteiger partial charge < -0.3 is 10.6 Å². The monoisotopic (exact) mass is 289 g/mol. The van der Waals surface area contributed by atoms with Crippen molar-refractivity contribution in [3.05, 3.63) is 35.4 Å². The molecule has 0 spiro atoms. The maximum atomic E-state index is 12.3. The maximum absolute atomic E-state index is 12.3. The molecule has 1 amide bonds. The molecule has 2 atom stereocenters. The molecule has 4 heteroatoms. The van der Waals surface area contributed by atoms with E-state index in [-0.39, 0.29) is 11.9 Å². The molecule has 0 radical (unpaired) electrons. The van der Waals surface area contributed by atoms with Crippen LogP contribution in [0, 0.1) is 6.92 Å². The fourth-order valence-corrected chi connectivity index (χ4v) is 3.07. The summed E-state index contributed by atoms with van der Waals surface area (Å²) in [5.41, 5.74) is 2.41. The molecule has 1 aliphatic rings. The Bertz CT molecular complexity index is 469. The number of amides is 1. The number of rotatable bonds is 6. The largest absolute Gasteiger partial charge is 0.348 e. The highest BCUT2D eigenvalue weighted by Gasteiger charge is 2.23. The zero-order chi connectivity index (χ0) is 15.2. The van der Waals surface area contributed by atoms with Crippen LogP contribution in [-0.4, -0.2) is 43.0 Å². The second-order valence-corrected chi connectivity index (χ2v) is 5.86. The third-order valence-corrected chi connectivity index (χ3v) is 4.34. The van der Waals surface area contributed by atoms with Crippen molar-refractivity contribution in [2.24, 2.45) is 0 Å². The molecule has 0 bridgehead atoms. The van der Waals surface area contributed by atoms with Crippen molar-refractivity contribution in [3.63, 3.8) is 0 Å². The first-order chi connectivity index (χ1) is 10.1. The Kier molecular flexibility index (Phi) is 5.76. The predicted octanol–water partition coefficient (Wildman–Crippen LogP) is 1.86. The zero-order valence-electron chi connectivity index (χ0n) is 13.4. The van der Waals surface area contributed by atoms with Crippen molar-refractivity contribution in [2.45, 2.75) is 39.3 Å². The van der Waals surface area contributed by atoms with Crippen LogP contribution < -0.4 is 10.6 Å². The van der Waals surface area contributed by atoms with E-state index in [2.05, 4.69) is 41.5 Å². The van der Waals surface area contributed by atoms with Gasteiger partial charge in [-0.05, 0) is 44.5 Å². The van der Waals surface area contributed by atoms with Crippen molar-refractivity contribution >= 4 is 5.91 Å². The van der Waals surface area contributed by atoms with E-state index in [4.69, 9.17) is 0 Å². The first kappa shape index (κ1) is 16.0. The Hall–Kier alpha value is -1.39. The van der Waals surface area contributed by atoms with Gasteiger partial charge in [-0.25, -0.2) is 0 Å². The maximum Gasteiger partial charge on any atom is 0.234 e. The van der Waals surface area contributed by atoms with Crippen LogP contribution in [0.15, 0.2) is 24.3 Å². The summed E-state index contributed by atoms with van der Waals surface area (Å²) in [5, 5.41) is 6.49. The van der Waals surface area contributed by atoms with Crippen molar-refractivity contribution in [1.29, 1.82) is 0 Å². The zero-order valence-corrected chi connectivity index (χ0v) is 13.4. The molecule has 1 fully saturated rings. The number of nitrogens with zero attached hydrogens (tertiary/aromatic N) is 1. The fourth-order valence-electron chi connectivity index (χ4n) is 3.07.